The molecular formula is C11H14ClNOS. The molecular weight excluding hydrogens is 230 g/mol. The highest BCUT2D eigenvalue weighted by Gasteiger charge is 2.51. The number of halogens is 1. The van der Waals surface area contributed by atoms with Crippen molar-refractivity contribution in [2.24, 2.45) is 11.7 Å². The van der Waals surface area contributed by atoms with Crippen molar-refractivity contribution in [3.8, 4) is 0 Å². The minimum absolute atomic E-state index is 0.244. The fourth-order valence-electron chi connectivity index (χ4n) is 2.60. The number of hydrogen-bond donors (Lipinski definition) is 1. The first kappa shape index (κ1) is 10.1. The van der Waals surface area contributed by atoms with Gasteiger partial charge in [-0.15, -0.1) is 11.3 Å². The van der Waals surface area contributed by atoms with Crippen LogP contribution in [0.1, 0.15) is 17.7 Å². The lowest BCUT2D eigenvalue weighted by Gasteiger charge is -2.52. The molecule has 2 heterocycles. The number of hydrogen-bond acceptors (Lipinski definition) is 3. The normalized spacial score (nSPS) is 33.2. The lowest BCUT2D eigenvalue weighted by molar-refractivity contribution is -0.109. The molecule has 82 valence electrons. The van der Waals surface area contributed by atoms with Crippen molar-refractivity contribution in [2.45, 2.75) is 24.3 Å². The van der Waals surface area contributed by atoms with Crippen LogP contribution in [0.5, 0.6) is 0 Å². The predicted octanol–water partition coefficient (Wildman–Crippen LogP) is 2.41. The van der Waals surface area contributed by atoms with E-state index >= 15 is 0 Å². The smallest absolute Gasteiger partial charge is 0.0931 e. The lowest BCUT2D eigenvalue weighted by atomic mass is 9.61. The molecule has 0 radical (unpaired) electrons. The zero-order valence-corrected chi connectivity index (χ0v) is 9.98. The molecule has 0 spiro atoms. The second-order valence-corrected chi connectivity index (χ2v) is 6.40. The maximum Gasteiger partial charge on any atom is 0.0931 e. The molecule has 1 aliphatic carbocycles. The summed E-state index contributed by atoms with van der Waals surface area (Å²) in [5, 5.41) is 0. The van der Waals surface area contributed by atoms with E-state index in [0.29, 0.717) is 12.0 Å². The highest BCUT2D eigenvalue weighted by molar-refractivity contribution is 7.16. The standard InChI is InChI=1S/C11H14ClNOS/c12-10-2-1-9(15-10)11(5-14-6-11)7-3-8(13)4-7/h1-2,7-8H,3-6,13H2. The van der Waals surface area contributed by atoms with Gasteiger partial charge in [-0.05, 0) is 30.9 Å². The summed E-state index contributed by atoms with van der Waals surface area (Å²) in [5.41, 5.74) is 6.11. The molecule has 2 fully saturated rings. The molecule has 1 saturated heterocycles. The van der Waals surface area contributed by atoms with Crippen LogP contribution in [-0.2, 0) is 10.2 Å². The van der Waals surface area contributed by atoms with Gasteiger partial charge in [0.25, 0.3) is 0 Å². The molecule has 1 aromatic rings. The van der Waals surface area contributed by atoms with Crippen LogP contribution in [0, 0.1) is 5.92 Å². The second kappa shape index (κ2) is 3.45. The third-order valence-electron chi connectivity index (χ3n) is 3.74. The van der Waals surface area contributed by atoms with Crippen LogP contribution in [0.3, 0.4) is 0 Å². The van der Waals surface area contributed by atoms with Gasteiger partial charge in [0.2, 0.25) is 0 Å². The summed E-state index contributed by atoms with van der Waals surface area (Å²) in [4.78, 5) is 1.38. The third-order valence-corrected chi connectivity index (χ3v) is 5.19. The monoisotopic (exact) mass is 243 g/mol. The van der Waals surface area contributed by atoms with Gasteiger partial charge in [-0.2, -0.15) is 0 Å². The largest absolute Gasteiger partial charge is 0.379 e. The Morgan fingerprint density at radius 3 is 2.53 bits per heavy atom. The van der Waals surface area contributed by atoms with E-state index in [1.54, 1.807) is 11.3 Å². The van der Waals surface area contributed by atoms with Gasteiger partial charge in [-0.3, -0.25) is 0 Å². The minimum Gasteiger partial charge on any atom is -0.379 e. The molecule has 1 saturated carbocycles. The topological polar surface area (TPSA) is 35.2 Å². The van der Waals surface area contributed by atoms with Crippen molar-refractivity contribution >= 4 is 22.9 Å². The molecule has 0 atom stereocenters. The predicted molar refractivity (Wildman–Crippen MR) is 62.5 cm³/mol. The fraction of sp³-hybridized carbons (Fsp3) is 0.636. The number of rotatable bonds is 2. The Kier molecular flexibility index (Phi) is 2.32. The third kappa shape index (κ3) is 1.45. The average molecular weight is 244 g/mol. The van der Waals surface area contributed by atoms with Gasteiger partial charge < -0.3 is 10.5 Å². The SMILES string of the molecule is NC1CC(C2(c3ccc(Cl)s3)COC2)C1. The molecule has 15 heavy (non-hydrogen) atoms. The number of nitrogens with two attached hydrogens (primary N) is 1. The number of ether oxygens (including phenoxy) is 1. The molecule has 3 rings (SSSR count). The molecule has 4 heteroatoms. The van der Waals surface area contributed by atoms with E-state index in [1.165, 1.54) is 4.88 Å². The summed E-state index contributed by atoms with van der Waals surface area (Å²) in [5.74, 6) is 0.705. The maximum absolute atomic E-state index is 6.00. The fourth-order valence-corrected chi connectivity index (χ4v) is 3.88. The van der Waals surface area contributed by atoms with Gasteiger partial charge in [0.15, 0.2) is 0 Å². The van der Waals surface area contributed by atoms with Crippen LogP contribution >= 0.6 is 22.9 Å². The highest BCUT2D eigenvalue weighted by atomic mass is 35.5. The Balaban J connectivity index is 1.86. The van der Waals surface area contributed by atoms with Crippen LogP contribution in [0.2, 0.25) is 4.34 Å². The maximum atomic E-state index is 6.00. The van der Waals surface area contributed by atoms with E-state index in [1.807, 2.05) is 6.07 Å². The Hall–Kier alpha value is -0.0900. The Morgan fingerprint density at radius 1 is 1.40 bits per heavy atom. The molecule has 0 unspecified atom stereocenters. The van der Waals surface area contributed by atoms with Crippen LogP contribution < -0.4 is 5.73 Å². The van der Waals surface area contributed by atoms with Crippen LogP contribution in [0.15, 0.2) is 12.1 Å². The van der Waals surface area contributed by atoms with Crippen molar-refractivity contribution in [1.29, 1.82) is 0 Å². The first-order chi connectivity index (χ1) is 7.21. The van der Waals surface area contributed by atoms with E-state index in [9.17, 15) is 0 Å². The average Bonchev–Trinajstić information content (AvgIpc) is 2.47. The summed E-state index contributed by atoms with van der Waals surface area (Å²) >= 11 is 7.69. The Bertz CT molecular complexity index is 368. The summed E-state index contributed by atoms with van der Waals surface area (Å²) in [6.07, 6.45) is 2.28. The van der Waals surface area contributed by atoms with Crippen LogP contribution in [-0.4, -0.2) is 19.3 Å². The summed E-state index contributed by atoms with van der Waals surface area (Å²) < 4.78 is 6.29. The van der Waals surface area contributed by atoms with Gasteiger partial charge in [0.05, 0.1) is 23.0 Å². The second-order valence-electron chi connectivity index (χ2n) is 4.68. The molecule has 0 amide bonds. The lowest BCUT2D eigenvalue weighted by Crippen LogP contribution is -2.58. The van der Waals surface area contributed by atoms with Gasteiger partial charge in [-0.1, -0.05) is 11.6 Å². The zero-order valence-electron chi connectivity index (χ0n) is 8.41. The first-order valence-electron chi connectivity index (χ1n) is 5.30. The van der Waals surface area contributed by atoms with E-state index in [2.05, 4.69) is 6.07 Å². The van der Waals surface area contributed by atoms with Crippen molar-refractivity contribution in [3.63, 3.8) is 0 Å². The van der Waals surface area contributed by atoms with Gasteiger partial charge >= 0.3 is 0 Å². The van der Waals surface area contributed by atoms with Crippen LogP contribution in [0.25, 0.3) is 0 Å². The molecule has 2 aliphatic rings. The molecule has 1 aromatic heterocycles. The van der Waals surface area contributed by atoms with E-state index in [0.717, 1.165) is 30.4 Å². The van der Waals surface area contributed by atoms with Crippen molar-refractivity contribution in [2.75, 3.05) is 13.2 Å². The summed E-state index contributed by atoms with van der Waals surface area (Å²) in [6, 6.07) is 4.54. The van der Waals surface area contributed by atoms with Gasteiger partial charge in [-0.25, -0.2) is 0 Å². The molecule has 2 N–H and O–H groups in total. The highest BCUT2D eigenvalue weighted by Crippen LogP contribution is 2.50. The van der Waals surface area contributed by atoms with E-state index < -0.39 is 0 Å². The minimum atomic E-state index is 0.244. The van der Waals surface area contributed by atoms with Crippen molar-refractivity contribution in [3.05, 3.63) is 21.3 Å². The summed E-state index contributed by atoms with van der Waals surface area (Å²) in [7, 11) is 0. The molecule has 0 aromatic carbocycles. The Morgan fingerprint density at radius 2 is 2.13 bits per heavy atom. The molecule has 2 nitrogen and oxygen atoms in total. The number of thiophene rings is 1. The first-order valence-corrected chi connectivity index (χ1v) is 6.49. The van der Waals surface area contributed by atoms with E-state index in [4.69, 9.17) is 22.1 Å². The Labute approximate surface area is 98.4 Å². The van der Waals surface area contributed by atoms with Crippen LogP contribution in [0.4, 0.5) is 0 Å². The molecule has 0 bridgehead atoms. The van der Waals surface area contributed by atoms with Gasteiger partial charge in [0.1, 0.15) is 0 Å². The molecule has 1 aliphatic heterocycles. The van der Waals surface area contributed by atoms with E-state index in [-0.39, 0.29) is 5.41 Å². The van der Waals surface area contributed by atoms with Gasteiger partial charge in [0, 0.05) is 10.9 Å². The van der Waals surface area contributed by atoms with Crippen molar-refractivity contribution in [1.82, 2.24) is 0 Å². The quantitative estimate of drug-likeness (QED) is 0.866. The zero-order chi connectivity index (χ0) is 10.5. The summed E-state index contributed by atoms with van der Waals surface area (Å²) in [6.45, 7) is 1.70. The van der Waals surface area contributed by atoms with Crippen molar-refractivity contribution < 1.29 is 4.74 Å².